The number of allylic oxidation sites excluding steroid dienone is 1. The number of pyridine rings is 1. The zero-order valence-electron chi connectivity index (χ0n) is 17.0. The third-order valence-corrected chi connectivity index (χ3v) is 4.48. The maximum Gasteiger partial charge on any atom is 0.273 e. The van der Waals surface area contributed by atoms with E-state index in [0.29, 0.717) is 31.9 Å². The largest absolute Gasteiger partial charge is 0.489 e. The maximum absolute atomic E-state index is 12.4. The first-order chi connectivity index (χ1) is 13.6. The van der Waals surface area contributed by atoms with Crippen molar-refractivity contribution in [1.29, 1.82) is 0 Å². The Morgan fingerprint density at radius 1 is 1.21 bits per heavy atom. The van der Waals surface area contributed by atoms with Crippen molar-refractivity contribution in [3.63, 3.8) is 0 Å². The van der Waals surface area contributed by atoms with Crippen LogP contribution < -0.4 is 15.4 Å². The van der Waals surface area contributed by atoms with Gasteiger partial charge in [0.05, 0.1) is 6.54 Å². The van der Waals surface area contributed by atoms with E-state index in [-0.39, 0.29) is 17.5 Å². The zero-order chi connectivity index (χ0) is 20.2. The summed E-state index contributed by atoms with van der Waals surface area (Å²) in [5, 5.41) is 5.80. The molecule has 0 saturated heterocycles. The van der Waals surface area contributed by atoms with E-state index in [4.69, 9.17) is 4.74 Å². The van der Waals surface area contributed by atoms with Gasteiger partial charge < -0.3 is 20.3 Å². The number of hydrogen-bond acceptors (Lipinski definition) is 5. The molecule has 1 aliphatic heterocycles. The summed E-state index contributed by atoms with van der Waals surface area (Å²) in [4.78, 5) is 31.0. The SMILES string of the molecule is CC(C)=CCCN1CCCNC(=O)c2ncccc2OCCNC(=O)CCC1. The Bertz CT molecular complexity index is 671. The lowest BCUT2D eigenvalue weighted by Crippen LogP contribution is -2.33. The van der Waals surface area contributed by atoms with E-state index in [9.17, 15) is 9.59 Å². The van der Waals surface area contributed by atoms with E-state index in [1.807, 2.05) is 0 Å². The molecule has 0 bridgehead atoms. The number of hydrogen-bond donors (Lipinski definition) is 2. The zero-order valence-corrected chi connectivity index (χ0v) is 17.0. The van der Waals surface area contributed by atoms with Crippen molar-refractivity contribution < 1.29 is 14.3 Å². The molecule has 0 aliphatic carbocycles. The Morgan fingerprint density at radius 2 is 2.04 bits per heavy atom. The number of nitrogens with zero attached hydrogens (tertiary/aromatic N) is 2. The monoisotopic (exact) mass is 388 g/mol. The average molecular weight is 389 g/mol. The highest BCUT2D eigenvalue weighted by atomic mass is 16.5. The smallest absolute Gasteiger partial charge is 0.273 e. The van der Waals surface area contributed by atoms with Gasteiger partial charge in [0, 0.05) is 25.7 Å². The van der Waals surface area contributed by atoms with Gasteiger partial charge in [0.25, 0.3) is 5.91 Å². The number of rotatable bonds is 3. The first-order valence-electron chi connectivity index (χ1n) is 10.0. The summed E-state index contributed by atoms with van der Waals surface area (Å²) in [6.45, 7) is 8.19. The van der Waals surface area contributed by atoms with E-state index in [0.717, 1.165) is 38.9 Å². The van der Waals surface area contributed by atoms with Gasteiger partial charge in [-0.3, -0.25) is 9.59 Å². The van der Waals surface area contributed by atoms with Gasteiger partial charge in [-0.1, -0.05) is 11.6 Å². The molecule has 0 unspecified atom stereocenters. The first-order valence-corrected chi connectivity index (χ1v) is 10.0. The lowest BCUT2D eigenvalue weighted by atomic mass is 10.2. The maximum atomic E-state index is 12.4. The average Bonchev–Trinajstić information content (AvgIpc) is 2.67. The fraction of sp³-hybridized carbons (Fsp3) is 0.571. The topological polar surface area (TPSA) is 83.6 Å². The van der Waals surface area contributed by atoms with Crippen LogP contribution in [0.2, 0.25) is 0 Å². The highest BCUT2D eigenvalue weighted by Gasteiger charge is 2.14. The van der Waals surface area contributed by atoms with Gasteiger partial charge in [0.15, 0.2) is 11.4 Å². The molecule has 28 heavy (non-hydrogen) atoms. The summed E-state index contributed by atoms with van der Waals surface area (Å²) in [6.07, 6.45) is 6.98. The lowest BCUT2D eigenvalue weighted by molar-refractivity contribution is -0.121. The second kappa shape index (κ2) is 12.1. The van der Waals surface area contributed by atoms with E-state index in [1.165, 1.54) is 5.57 Å². The van der Waals surface area contributed by atoms with Gasteiger partial charge in [-0.05, 0) is 58.3 Å². The first kappa shape index (κ1) is 21.9. The third kappa shape index (κ3) is 8.08. The van der Waals surface area contributed by atoms with Gasteiger partial charge >= 0.3 is 0 Å². The Kier molecular flexibility index (Phi) is 9.48. The molecule has 0 spiro atoms. The van der Waals surface area contributed by atoms with E-state index >= 15 is 0 Å². The van der Waals surface area contributed by atoms with Crippen molar-refractivity contribution in [3.05, 3.63) is 35.7 Å². The number of aromatic nitrogens is 1. The summed E-state index contributed by atoms with van der Waals surface area (Å²) in [5.41, 5.74) is 1.59. The Hall–Kier alpha value is -2.41. The molecule has 0 fully saturated rings. The molecule has 1 aromatic heterocycles. The molecule has 1 aromatic rings. The number of nitrogens with one attached hydrogen (secondary N) is 2. The third-order valence-electron chi connectivity index (χ3n) is 4.48. The molecule has 154 valence electrons. The fourth-order valence-corrected chi connectivity index (χ4v) is 3.04. The summed E-state index contributed by atoms with van der Waals surface area (Å²) in [7, 11) is 0. The van der Waals surface area contributed by atoms with Crippen LogP contribution in [0.15, 0.2) is 30.0 Å². The predicted octanol–water partition coefficient (Wildman–Crippen LogP) is 2.15. The minimum absolute atomic E-state index is 0.0316. The van der Waals surface area contributed by atoms with Crippen LogP contribution in [0.25, 0.3) is 0 Å². The van der Waals surface area contributed by atoms with E-state index < -0.39 is 0 Å². The standard InChI is InChI=1S/C21H32N4O3/c1-17(2)7-4-13-25-14-5-9-19(26)22-12-16-28-18-8-3-10-23-20(18)21(27)24-11-6-15-25/h3,7-8,10H,4-6,9,11-16H2,1-2H3,(H,22,26)(H,24,27). The van der Waals surface area contributed by atoms with Crippen LogP contribution in [0.4, 0.5) is 0 Å². The Balaban J connectivity index is 1.98. The molecule has 2 heterocycles. The Labute approximate surface area is 167 Å². The van der Waals surface area contributed by atoms with Crippen LogP contribution in [-0.4, -0.2) is 61.0 Å². The molecule has 7 nitrogen and oxygen atoms in total. The number of carbonyl (C=O) groups excluding carboxylic acids is 2. The minimum atomic E-state index is -0.233. The molecule has 0 saturated carbocycles. The van der Waals surface area contributed by atoms with Crippen LogP contribution in [-0.2, 0) is 4.79 Å². The number of carbonyl (C=O) groups is 2. The molecular weight excluding hydrogens is 356 g/mol. The van der Waals surface area contributed by atoms with Crippen LogP contribution in [0.1, 0.15) is 50.0 Å². The van der Waals surface area contributed by atoms with Crippen molar-refractivity contribution >= 4 is 11.8 Å². The summed E-state index contributed by atoms with van der Waals surface area (Å²) in [6, 6.07) is 3.45. The molecule has 0 atom stereocenters. The minimum Gasteiger partial charge on any atom is -0.489 e. The molecule has 2 rings (SSSR count). The van der Waals surface area contributed by atoms with Crippen molar-refractivity contribution in [2.24, 2.45) is 0 Å². The molecule has 7 heteroatoms. The normalized spacial score (nSPS) is 17.6. The second-order valence-corrected chi connectivity index (χ2v) is 7.17. The molecule has 0 radical (unpaired) electrons. The quantitative estimate of drug-likeness (QED) is 0.775. The van der Waals surface area contributed by atoms with Crippen LogP contribution in [0.3, 0.4) is 0 Å². The van der Waals surface area contributed by atoms with E-state index in [1.54, 1.807) is 18.3 Å². The van der Waals surface area contributed by atoms with Crippen molar-refractivity contribution in [2.75, 3.05) is 39.3 Å². The van der Waals surface area contributed by atoms with Gasteiger partial charge in [-0.15, -0.1) is 0 Å². The van der Waals surface area contributed by atoms with E-state index in [2.05, 4.69) is 40.4 Å². The Morgan fingerprint density at radius 3 is 2.86 bits per heavy atom. The molecular formula is C21H32N4O3. The van der Waals surface area contributed by atoms with Crippen molar-refractivity contribution in [1.82, 2.24) is 20.5 Å². The van der Waals surface area contributed by atoms with Crippen molar-refractivity contribution in [3.8, 4) is 5.75 Å². The highest BCUT2D eigenvalue weighted by molar-refractivity contribution is 5.94. The number of fused-ring (bicyclic) bond motifs is 1. The van der Waals surface area contributed by atoms with Crippen LogP contribution in [0.5, 0.6) is 5.75 Å². The molecule has 0 aromatic carbocycles. The fourth-order valence-electron chi connectivity index (χ4n) is 3.04. The predicted molar refractivity (Wildman–Crippen MR) is 109 cm³/mol. The lowest BCUT2D eigenvalue weighted by Gasteiger charge is -2.22. The molecule has 2 amide bonds. The highest BCUT2D eigenvalue weighted by Crippen LogP contribution is 2.15. The van der Waals surface area contributed by atoms with Gasteiger partial charge in [-0.25, -0.2) is 4.98 Å². The van der Waals surface area contributed by atoms with Crippen LogP contribution >= 0.6 is 0 Å². The van der Waals surface area contributed by atoms with Crippen molar-refractivity contribution in [2.45, 2.75) is 39.5 Å². The van der Waals surface area contributed by atoms with Gasteiger partial charge in [0.1, 0.15) is 6.61 Å². The second-order valence-electron chi connectivity index (χ2n) is 7.17. The number of ether oxygens (including phenoxy) is 1. The molecule has 1 aliphatic rings. The number of amides is 2. The van der Waals surface area contributed by atoms with Crippen LogP contribution in [0, 0.1) is 0 Å². The molecule has 2 N–H and O–H groups in total. The van der Waals surface area contributed by atoms with Gasteiger partial charge in [-0.2, -0.15) is 0 Å². The summed E-state index contributed by atoms with van der Waals surface area (Å²) in [5.74, 6) is 0.233. The summed E-state index contributed by atoms with van der Waals surface area (Å²) >= 11 is 0. The summed E-state index contributed by atoms with van der Waals surface area (Å²) < 4.78 is 5.64. The van der Waals surface area contributed by atoms with Gasteiger partial charge in [0.2, 0.25) is 5.91 Å².